The summed E-state index contributed by atoms with van der Waals surface area (Å²) in [6.45, 7) is 5.66. The first kappa shape index (κ1) is 21.2. The molecule has 6 nitrogen and oxygen atoms in total. The highest BCUT2D eigenvalue weighted by Gasteiger charge is 2.29. The number of benzene rings is 2. The zero-order valence-corrected chi connectivity index (χ0v) is 16.2. The van der Waals surface area contributed by atoms with Gasteiger partial charge in [0.15, 0.2) is 23.4 Å². The van der Waals surface area contributed by atoms with Crippen LogP contribution in [0.3, 0.4) is 0 Å². The van der Waals surface area contributed by atoms with Crippen molar-refractivity contribution in [1.29, 1.82) is 0 Å². The second kappa shape index (κ2) is 9.71. The summed E-state index contributed by atoms with van der Waals surface area (Å²) in [5.74, 6) is -0.797. The first-order valence-electron chi connectivity index (χ1n) is 8.82. The van der Waals surface area contributed by atoms with Gasteiger partial charge < -0.3 is 19.3 Å². The fourth-order valence-electron chi connectivity index (χ4n) is 2.94. The van der Waals surface area contributed by atoms with Gasteiger partial charge in [-0.1, -0.05) is 31.2 Å². The Morgan fingerprint density at radius 3 is 2.57 bits per heavy atom. The minimum Gasteiger partial charge on any atom is -0.504 e. The predicted octanol–water partition coefficient (Wildman–Crippen LogP) is 3.61. The van der Waals surface area contributed by atoms with Crippen LogP contribution in [0.1, 0.15) is 40.1 Å². The molecule has 2 aromatic rings. The second-order valence-corrected chi connectivity index (χ2v) is 5.97. The van der Waals surface area contributed by atoms with Crippen LogP contribution in [-0.4, -0.2) is 37.7 Å². The van der Waals surface area contributed by atoms with Gasteiger partial charge in [0.1, 0.15) is 0 Å². The lowest BCUT2D eigenvalue weighted by molar-refractivity contribution is -0.153. The number of methoxy groups -OCH3 is 2. The molecule has 0 saturated heterocycles. The molecule has 2 aromatic carbocycles. The summed E-state index contributed by atoms with van der Waals surface area (Å²) in [4.78, 5) is 25.6. The third-order valence-corrected chi connectivity index (χ3v) is 4.32. The lowest BCUT2D eigenvalue weighted by Crippen LogP contribution is -2.22. The van der Waals surface area contributed by atoms with Crippen molar-refractivity contribution >= 4 is 11.8 Å². The summed E-state index contributed by atoms with van der Waals surface area (Å²) < 4.78 is 15.6. The van der Waals surface area contributed by atoms with E-state index in [1.165, 1.54) is 38.5 Å². The summed E-state index contributed by atoms with van der Waals surface area (Å²) in [5, 5.41) is 9.79. The van der Waals surface area contributed by atoms with E-state index >= 15 is 0 Å². The number of carbonyl (C=O) groups excluding carboxylic acids is 2. The van der Waals surface area contributed by atoms with E-state index in [2.05, 4.69) is 6.58 Å². The summed E-state index contributed by atoms with van der Waals surface area (Å²) in [7, 11) is 2.68. The van der Waals surface area contributed by atoms with Crippen LogP contribution >= 0.6 is 0 Å². The average Bonchev–Trinajstić information content (AvgIpc) is 2.73. The van der Waals surface area contributed by atoms with Gasteiger partial charge in [-0.15, -0.1) is 6.58 Å². The molecule has 0 aliphatic carbocycles. The monoisotopic (exact) mass is 384 g/mol. The van der Waals surface area contributed by atoms with Gasteiger partial charge in [-0.3, -0.25) is 4.79 Å². The van der Waals surface area contributed by atoms with Crippen LogP contribution in [0.4, 0.5) is 0 Å². The fourth-order valence-corrected chi connectivity index (χ4v) is 2.94. The maximum atomic E-state index is 13.2. The van der Waals surface area contributed by atoms with Crippen molar-refractivity contribution in [3.05, 3.63) is 71.3 Å². The van der Waals surface area contributed by atoms with Crippen molar-refractivity contribution in [2.45, 2.75) is 19.4 Å². The van der Waals surface area contributed by atoms with Crippen LogP contribution in [0, 0.1) is 0 Å². The van der Waals surface area contributed by atoms with Crippen molar-refractivity contribution in [1.82, 2.24) is 0 Å². The van der Waals surface area contributed by atoms with E-state index < -0.39 is 12.1 Å². The minimum absolute atomic E-state index is 0.0664. The average molecular weight is 384 g/mol. The molecule has 0 fully saturated rings. The van der Waals surface area contributed by atoms with Gasteiger partial charge in [0.2, 0.25) is 0 Å². The van der Waals surface area contributed by atoms with Crippen molar-refractivity contribution in [2.75, 3.05) is 20.8 Å². The van der Waals surface area contributed by atoms with Crippen LogP contribution in [-0.2, 0) is 20.7 Å². The molecule has 0 heterocycles. The van der Waals surface area contributed by atoms with Gasteiger partial charge in [-0.2, -0.15) is 0 Å². The Balaban J connectivity index is 2.62. The molecule has 0 aliphatic heterocycles. The number of rotatable bonds is 9. The van der Waals surface area contributed by atoms with E-state index in [0.29, 0.717) is 23.1 Å². The molecule has 0 radical (unpaired) electrons. The molecule has 28 heavy (non-hydrogen) atoms. The number of ketones is 1. The van der Waals surface area contributed by atoms with E-state index in [1.54, 1.807) is 12.1 Å². The maximum Gasteiger partial charge on any atom is 0.339 e. The lowest BCUT2D eigenvalue weighted by atomic mass is 9.90. The van der Waals surface area contributed by atoms with E-state index in [0.717, 1.165) is 5.56 Å². The maximum absolute atomic E-state index is 13.2. The van der Waals surface area contributed by atoms with Crippen LogP contribution in [0.15, 0.2) is 49.1 Å². The number of aromatic hydroxyl groups is 1. The molecular formula is C22H24O6. The lowest BCUT2D eigenvalue weighted by Gasteiger charge is -2.21. The number of phenols is 1. The van der Waals surface area contributed by atoms with E-state index in [-0.39, 0.29) is 23.9 Å². The summed E-state index contributed by atoms with van der Waals surface area (Å²) in [6.07, 6.45) is 1.06. The second-order valence-electron chi connectivity index (χ2n) is 5.97. The third-order valence-electron chi connectivity index (χ3n) is 4.32. The van der Waals surface area contributed by atoms with Crippen LogP contribution < -0.4 is 4.74 Å². The topological polar surface area (TPSA) is 82.1 Å². The number of hydrogen-bond donors (Lipinski definition) is 1. The van der Waals surface area contributed by atoms with Gasteiger partial charge in [0.05, 0.1) is 20.8 Å². The minimum atomic E-state index is -1.06. The molecular weight excluding hydrogens is 360 g/mol. The Kier molecular flexibility index (Phi) is 7.35. The smallest absolute Gasteiger partial charge is 0.339 e. The normalized spacial score (nSPS) is 11.5. The molecule has 6 heteroatoms. The Morgan fingerprint density at radius 1 is 1.21 bits per heavy atom. The number of phenolic OH excluding ortho intramolecular Hbond substituents is 1. The van der Waals surface area contributed by atoms with E-state index in [9.17, 15) is 14.7 Å². The van der Waals surface area contributed by atoms with Gasteiger partial charge in [0.25, 0.3) is 0 Å². The predicted molar refractivity (Wildman–Crippen MR) is 105 cm³/mol. The SMILES string of the molecule is C=CCOC(C(=O)OC)c1c(CC)cccc1C(=O)c1ccc(O)c(OC)c1. The number of carbonyl (C=O) groups is 2. The first-order valence-corrected chi connectivity index (χ1v) is 8.82. The van der Waals surface area contributed by atoms with Gasteiger partial charge in [0, 0.05) is 16.7 Å². The molecule has 0 amide bonds. The molecule has 0 aromatic heterocycles. The number of hydrogen-bond acceptors (Lipinski definition) is 6. The number of ether oxygens (including phenoxy) is 3. The standard InChI is InChI=1S/C22H24O6/c1-5-12-28-21(22(25)27-4)19-14(6-2)8-7-9-16(19)20(24)15-10-11-17(23)18(13-15)26-3/h5,7-11,13,21,23H,1,6,12H2,2-4H3. The van der Waals surface area contributed by atoms with Crippen molar-refractivity contribution in [2.24, 2.45) is 0 Å². The third kappa shape index (κ3) is 4.40. The summed E-state index contributed by atoms with van der Waals surface area (Å²) in [6, 6.07) is 9.59. The fraction of sp³-hybridized carbons (Fsp3) is 0.273. The number of aryl methyl sites for hydroxylation is 1. The highest BCUT2D eigenvalue weighted by Crippen LogP contribution is 2.32. The van der Waals surface area contributed by atoms with Crippen molar-refractivity contribution in [3.63, 3.8) is 0 Å². The quantitative estimate of drug-likeness (QED) is 0.404. The molecule has 2 rings (SSSR count). The zero-order chi connectivity index (χ0) is 20.7. The summed E-state index contributed by atoms with van der Waals surface area (Å²) >= 11 is 0. The molecule has 0 saturated carbocycles. The van der Waals surface area contributed by atoms with Crippen molar-refractivity contribution in [3.8, 4) is 11.5 Å². The molecule has 0 aliphatic rings. The Labute approximate surface area is 164 Å². The molecule has 0 bridgehead atoms. The molecule has 1 N–H and O–H groups in total. The van der Waals surface area contributed by atoms with Gasteiger partial charge in [-0.05, 0) is 30.2 Å². The van der Waals surface area contributed by atoms with E-state index in [4.69, 9.17) is 14.2 Å². The Bertz CT molecular complexity index is 871. The highest BCUT2D eigenvalue weighted by atomic mass is 16.6. The molecule has 0 spiro atoms. The molecule has 1 unspecified atom stereocenters. The van der Waals surface area contributed by atoms with Gasteiger partial charge in [-0.25, -0.2) is 4.79 Å². The molecule has 148 valence electrons. The van der Waals surface area contributed by atoms with Gasteiger partial charge >= 0.3 is 5.97 Å². The highest BCUT2D eigenvalue weighted by molar-refractivity contribution is 6.11. The largest absolute Gasteiger partial charge is 0.504 e. The molecule has 1 atom stereocenters. The van der Waals surface area contributed by atoms with E-state index in [1.807, 2.05) is 13.0 Å². The zero-order valence-electron chi connectivity index (χ0n) is 16.2. The number of esters is 1. The first-order chi connectivity index (χ1) is 13.5. The van der Waals surface area contributed by atoms with Crippen LogP contribution in [0.2, 0.25) is 0 Å². The Hall–Kier alpha value is -3.12. The van der Waals surface area contributed by atoms with Crippen LogP contribution in [0.25, 0.3) is 0 Å². The van der Waals surface area contributed by atoms with Crippen LogP contribution in [0.5, 0.6) is 11.5 Å². The van der Waals surface area contributed by atoms with Crippen molar-refractivity contribution < 1.29 is 28.9 Å². The summed E-state index contributed by atoms with van der Waals surface area (Å²) in [5.41, 5.74) is 1.91. The Morgan fingerprint density at radius 2 is 1.96 bits per heavy atom.